The van der Waals surface area contributed by atoms with E-state index >= 15 is 0 Å². The van der Waals surface area contributed by atoms with Crippen molar-refractivity contribution in [2.75, 3.05) is 0 Å². The van der Waals surface area contributed by atoms with Crippen LogP contribution in [0.4, 0.5) is 0 Å². The predicted octanol–water partition coefficient (Wildman–Crippen LogP) is 8.83. The van der Waals surface area contributed by atoms with Crippen molar-refractivity contribution in [3.63, 3.8) is 0 Å². The SMILES string of the molecule is C=COC(C)Oc1c(Br)cc(C(C)(C)c2cc(Br)c(OC(C)OC=C)c(Br)c2)cc1Br. The highest BCUT2D eigenvalue weighted by atomic mass is 79.9. The van der Waals surface area contributed by atoms with Crippen LogP contribution in [0.25, 0.3) is 0 Å². The lowest BCUT2D eigenvalue weighted by molar-refractivity contribution is -0.0145. The minimum absolute atomic E-state index is 0.320. The van der Waals surface area contributed by atoms with Crippen LogP contribution < -0.4 is 9.47 Å². The van der Waals surface area contributed by atoms with Crippen LogP contribution in [0.2, 0.25) is 0 Å². The first kappa shape index (κ1) is 26.3. The summed E-state index contributed by atoms with van der Waals surface area (Å²) in [5.74, 6) is 1.33. The minimum atomic E-state index is -0.462. The molecule has 0 aromatic heterocycles. The molecule has 0 bridgehead atoms. The van der Waals surface area contributed by atoms with E-state index in [2.05, 4.69) is 90.7 Å². The smallest absolute Gasteiger partial charge is 0.237 e. The molecule has 2 atom stereocenters. The Kier molecular flexibility index (Phi) is 9.55. The summed E-state index contributed by atoms with van der Waals surface area (Å²) >= 11 is 14.5. The van der Waals surface area contributed by atoms with E-state index in [1.54, 1.807) is 13.8 Å². The van der Waals surface area contributed by atoms with Crippen LogP contribution in [0.5, 0.6) is 11.5 Å². The Balaban J connectivity index is 2.40. The molecule has 0 N–H and O–H groups in total. The zero-order valence-electron chi connectivity index (χ0n) is 17.7. The van der Waals surface area contributed by atoms with Crippen molar-refractivity contribution < 1.29 is 18.9 Å². The van der Waals surface area contributed by atoms with Crippen LogP contribution in [0.15, 0.2) is 67.8 Å². The van der Waals surface area contributed by atoms with Gasteiger partial charge in [-0.1, -0.05) is 27.0 Å². The Hall–Kier alpha value is -0.960. The summed E-state index contributed by atoms with van der Waals surface area (Å²) < 4.78 is 25.5. The molecule has 2 aromatic rings. The quantitative estimate of drug-likeness (QED) is 0.185. The van der Waals surface area contributed by atoms with Gasteiger partial charge in [-0.05, 0) is 99.1 Å². The van der Waals surface area contributed by atoms with Crippen molar-refractivity contribution >= 4 is 63.7 Å². The number of hydrogen-bond donors (Lipinski definition) is 0. The zero-order chi connectivity index (χ0) is 23.3. The van der Waals surface area contributed by atoms with Crippen molar-refractivity contribution in [3.8, 4) is 11.5 Å². The van der Waals surface area contributed by atoms with E-state index in [1.807, 2.05) is 24.3 Å². The molecule has 0 radical (unpaired) electrons. The van der Waals surface area contributed by atoms with E-state index in [4.69, 9.17) is 18.9 Å². The van der Waals surface area contributed by atoms with Gasteiger partial charge in [-0.2, -0.15) is 0 Å². The molecule has 0 saturated heterocycles. The molecule has 8 heteroatoms. The number of benzene rings is 2. The van der Waals surface area contributed by atoms with Crippen LogP contribution in [0, 0.1) is 0 Å². The van der Waals surface area contributed by atoms with Crippen LogP contribution >= 0.6 is 63.7 Å². The predicted molar refractivity (Wildman–Crippen MR) is 139 cm³/mol. The Bertz CT molecular complexity index is 837. The summed E-state index contributed by atoms with van der Waals surface area (Å²) in [6.07, 6.45) is 1.79. The highest BCUT2D eigenvalue weighted by Crippen LogP contribution is 2.44. The second-order valence-electron chi connectivity index (χ2n) is 7.14. The maximum atomic E-state index is 5.86. The minimum Gasteiger partial charge on any atom is -0.463 e. The molecule has 4 nitrogen and oxygen atoms in total. The first-order valence-corrected chi connectivity index (χ1v) is 12.5. The number of ether oxygens (including phenoxy) is 4. The van der Waals surface area contributed by atoms with Crippen LogP contribution in [0.1, 0.15) is 38.8 Å². The summed E-state index contributed by atoms with van der Waals surface area (Å²) in [4.78, 5) is 0. The average Bonchev–Trinajstić information content (AvgIpc) is 2.67. The Labute approximate surface area is 217 Å². The van der Waals surface area contributed by atoms with E-state index in [-0.39, 0.29) is 5.41 Å². The fourth-order valence-corrected chi connectivity index (χ4v) is 5.64. The Morgan fingerprint density at radius 1 is 0.710 bits per heavy atom. The molecule has 31 heavy (non-hydrogen) atoms. The molecular formula is C23H24Br4O4. The monoisotopic (exact) mass is 680 g/mol. The van der Waals surface area contributed by atoms with Gasteiger partial charge in [0.1, 0.15) is 0 Å². The van der Waals surface area contributed by atoms with Crippen molar-refractivity contribution in [1.82, 2.24) is 0 Å². The summed E-state index contributed by atoms with van der Waals surface area (Å²) in [6, 6.07) is 8.19. The van der Waals surface area contributed by atoms with Crippen LogP contribution in [-0.2, 0) is 14.9 Å². The van der Waals surface area contributed by atoms with E-state index in [0.717, 1.165) is 29.0 Å². The second-order valence-corrected chi connectivity index (χ2v) is 10.6. The molecule has 2 unspecified atom stereocenters. The molecule has 0 saturated carbocycles. The van der Waals surface area contributed by atoms with Gasteiger partial charge in [0.15, 0.2) is 11.5 Å². The van der Waals surface area contributed by atoms with Gasteiger partial charge in [0, 0.05) is 19.3 Å². The molecular weight excluding hydrogens is 660 g/mol. The molecule has 168 valence electrons. The third kappa shape index (κ3) is 6.53. The third-order valence-corrected chi connectivity index (χ3v) is 6.94. The van der Waals surface area contributed by atoms with Gasteiger partial charge < -0.3 is 18.9 Å². The number of rotatable bonds is 10. The molecule has 0 aliphatic heterocycles. The van der Waals surface area contributed by atoms with Gasteiger partial charge in [-0.15, -0.1) is 0 Å². The molecule has 2 rings (SSSR count). The molecule has 0 heterocycles. The maximum absolute atomic E-state index is 5.86. The van der Waals surface area contributed by atoms with Crippen molar-refractivity contribution in [2.24, 2.45) is 0 Å². The summed E-state index contributed by atoms with van der Waals surface area (Å²) in [6.45, 7) is 15.0. The molecule has 0 aliphatic rings. The molecule has 0 spiro atoms. The normalized spacial score (nSPS) is 13.2. The van der Waals surface area contributed by atoms with Gasteiger partial charge in [-0.25, -0.2) is 0 Å². The zero-order valence-corrected chi connectivity index (χ0v) is 24.0. The number of halogens is 4. The fourth-order valence-electron chi connectivity index (χ4n) is 2.89. The van der Waals surface area contributed by atoms with Gasteiger partial charge >= 0.3 is 0 Å². The lowest BCUT2D eigenvalue weighted by atomic mass is 9.78. The summed E-state index contributed by atoms with van der Waals surface area (Å²) in [5, 5.41) is 0. The summed E-state index contributed by atoms with van der Waals surface area (Å²) in [5.41, 5.74) is 1.86. The molecule has 0 fully saturated rings. The molecule has 0 amide bonds. The van der Waals surface area contributed by atoms with E-state index in [1.165, 1.54) is 12.5 Å². The van der Waals surface area contributed by atoms with Crippen LogP contribution in [0.3, 0.4) is 0 Å². The fraction of sp³-hybridized carbons (Fsp3) is 0.304. The summed E-state index contributed by atoms with van der Waals surface area (Å²) in [7, 11) is 0. The van der Waals surface area contributed by atoms with Gasteiger partial charge in [0.2, 0.25) is 12.6 Å². The van der Waals surface area contributed by atoms with E-state index in [9.17, 15) is 0 Å². The van der Waals surface area contributed by atoms with Crippen molar-refractivity contribution in [3.05, 3.63) is 79.0 Å². The van der Waals surface area contributed by atoms with Crippen molar-refractivity contribution in [2.45, 2.75) is 45.7 Å². The first-order chi connectivity index (χ1) is 14.5. The molecule has 2 aromatic carbocycles. The van der Waals surface area contributed by atoms with Crippen molar-refractivity contribution in [1.29, 1.82) is 0 Å². The maximum Gasteiger partial charge on any atom is 0.237 e. The largest absolute Gasteiger partial charge is 0.463 e. The lowest BCUT2D eigenvalue weighted by Crippen LogP contribution is -2.20. The molecule has 0 aliphatic carbocycles. The lowest BCUT2D eigenvalue weighted by Gasteiger charge is -2.29. The average molecular weight is 684 g/mol. The number of hydrogen-bond acceptors (Lipinski definition) is 4. The first-order valence-electron chi connectivity index (χ1n) is 9.36. The van der Waals surface area contributed by atoms with Gasteiger partial charge in [0.05, 0.1) is 30.4 Å². The Morgan fingerprint density at radius 3 is 1.26 bits per heavy atom. The standard InChI is InChI=1S/C23H24Br4O4/c1-7-28-13(3)30-21-17(24)9-15(10-18(21)25)23(5,6)16-11-19(26)22(20(27)12-16)31-14(4)29-8-2/h7-14H,1-2H2,3-6H3. The van der Waals surface area contributed by atoms with E-state index < -0.39 is 12.6 Å². The Morgan fingerprint density at radius 2 is 1.00 bits per heavy atom. The highest BCUT2D eigenvalue weighted by Gasteiger charge is 2.28. The van der Waals surface area contributed by atoms with E-state index in [0.29, 0.717) is 11.5 Å². The third-order valence-electron chi connectivity index (χ3n) is 4.58. The second kappa shape index (κ2) is 11.3. The van der Waals surface area contributed by atoms with Gasteiger partial charge in [-0.3, -0.25) is 0 Å². The highest BCUT2D eigenvalue weighted by molar-refractivity contribution is 9.11. The van der Waals surface area contributed by atoms with Gasteiger partial charge in [0.25, 0.3) is 0 Å². The topological polar surface area (TPSA) is 36.9 Å². The van der Waals surface area contributed by atoms with Crippen LogP contribution in [-0.4, -0.2) is 12.6 Å².